The molecule has 0 radical (unpaired) electrons. The maximum absolute atomic E-state index is 13.2. The topological polar surface area (TPSA) is 73.2 Å². The molecule has 2 heterocycles. The molecule has 0 aliphatic heterocycles. The summed E-state index contributed by atoms with van der Waals surface area (Å²) in [5.74, 6) is -0.0391. The van der Waals surface area contributed by atoms with Gasteiger partial charge in [0.25, 0.3) is 5.56 Å². The molecule has 3 aromatic rings. The van der Waals surface area contributed by atoms with E-state index in [0.29, 0.717) is 47.4 Å². The van der Waals surface area contributed by atoms with Crippen LogP contribution in [0, 0.1) is 20.8 Å². The van der Waals surface area contributed by atoms with E-state index in [4.69, 9.17) is 21.3 Å². The first-order chi connectivity index (χ1) is 14.8. The van der Waals surface area contributed by atoms with E-state index in [9.17, 15) is 9.59 Å². The fraction of sp³-hybridized carbons (Fsp3) is 0.409. The van der Waals surface area contributed by atoms with Crippen molar-refractivity contribution in [3.63, 3.8) is 0 Å². The summed E-state index contributed by atoms with van der Waals surface area (Å²) in [5.41, 5.74) is 2.53. The van der Waals surface area contributed by atoms with Gasteiger partial charge in [-0.05, 0) is 57.4 Å². The second-order valence-corrected chi connectivity index (χ2v) is 9.74. The van der Waals surface area contributed by atoms with Crippen LogP contribution in [-0.4, -0.2) is 34.4 Å². The van der Waals surface area contributed by atoms with Crippen molar-refractivity contribution in [1.29, 1.82) is 0 Å². The number of carbonyl (C=O) groups is 1. The zero-order valence-electron chi connectivity index (χ0n) is 18.1. The summed E-state index contributed by atoms with van der Waals surface area (Å²) in [6.07, 6.45) is 0.699. The van der Waals surface area contributed by atoms with Gasteiger partial charge < -0.3 is 10.1 Å². The Balaban J connectivity index is 1.83. The number of ether oxygens (including phenoxy) is 1. The second kappa shape index (κ2) is 10.6. The van der Waals surface area contributed by atoms with E-state index < -0.39 is 0 Å². The van der Waals surface area contributed by atoms with Crippen molar-refractivity contribution in [2.75, 3.05) is 24.3 Å². The third-order valence-corrected chi connectivity index (χ3v) is 7.25. The summed E-state index contributed by atoms with van der Waals surface area (Å²) < 4.78 is 7.09. The van der Waals surface area contributed by atoms with Crippen molar-refractivity contribution < 1.29 is 9.53 Å². The van der Waals surface area contributed by atoms with Gasteiger partial charge in [-0.3, -0.25) is 14.2 Å². The highest BCUT2D eigenvalue weighted by molar-refractivity contribution is 7.99. The Bertz CT molecular complexity index is 1160. The van der Waals surface area contributed by atoms with Crippen molar-refractivity contribution in [1.82, 2.24) is 9.55 Å². The van der Waals surface area contributed by atoms with Crippen molar-refractivity contribution >= 4 is 56.5 Å². The molecule has 1 N–H and O–H groups in total. The number of carbonyl (C=O) groups excluding carboxylic acids is 1. The van der Waals surface area contributed by atoms with Crippen molar-refractivity contribution in [3.8, 4) is 0 Å². The monoisotopic (exact) mass is 479 g/mol. The first-order valence-corrected chi connectivity index (χ1v) is 12.3. The van der Waals surface area contributed by atoms with Gasteiger partial charge in [0, 0.05) is 35.3 Å². The summed E-state index contributed by atoms with van der Waals surface area (Å²) in [7, 11) is 0. The first-order valence-electron chi connectivity index (χ1n) is 10.1. The van der Waals surface area contributed by atoms with Crippen LogP contribution >= 0.6 is 34.7 Å². The van der Waals surface area contributed by atoms with Crippen LogP contribution in [0.25, 0.3) is 10.2 Å². The molecule has 1 aromatic carbocycles. The maximum Gasteiger partial charge on any atom is 0.263 e. The van der Waals surface area contributed by atoms with E-state index in [2.05, 4.69) is 5.32 Å². The number of hydrogen-bond donors (Lipinski definition) is 1. The van der Waals surface area contributed by atoms with Gasteiger partial charge in [0.15, 0.2) is 5.16 Å². The molecule has 166 valence electrons. The van der Waals surface area contributed by atoms with Gasteiger partial charge in [-0.1, -0.05) is 29.4 Å². The molecule has 0 unspecified atom stereocenters. The molecule has 0 aliphatic carbocycles. The van der Waals surface area contributed by atoms with Crippen molar-refractivity contribution in [3.05, 3.63) is 49.6 Å². The number of hydrogen-bond acceptors (Lipinski definition) is 6. The smallest absolute Gasteiger partial charge is 0.263 e. The number of fused-ring (bicyclic) bond motifs is 1. The van der Waals surface area contributed by atoms with E-state index in [0.717, 1.165) is 20.8 Å². The lowest BCUT2D eigenvalue weighted by atomic mass is 10.2. The number of thioether (sulfide) groups is 1. The number of aryl methyl sites for hydroxylation is 3. The fourth-order valence-corrected chi connectivity index (χ4v) is 5.20. The minimum Gasteiger partial charge on any atom is -0.382 e. The lowest BCUT2D eigenvalue weighted by Gasteiger charge is -2.13. The van der Waals surface area contributed by atoms with Gasteiger partial charge >= 0.3 is 0 Å². The van der Waals surface area contributed by atoms with Crippen LogP contribution in [0.1, 0.15) is 29.3 Å². The fourth-order valence-electron chi connectivity index (χ4n) is 3.13. The summed E-state index contributed by atoms with van der Waals surface area (Å²) in [6, 6.07) is 5.37. The summed E-state index contributed by atoms with van der Waals surface area (Å²) in [4.78, 5) is 32.3. The quantitative estimate of drug-likeness (QED) is 0.259. The highest BCUT2D eigenvalue weighted by atomic mass is 35.5. The number of aromatic nitrogens is 2. The van der Waals surface area contributed by atoms with Crippen LogP contribution in [0.5, 0.6) is 0 Å². The Morgan fingerprint density at radius 2 is 2.10 bits per heavy atom. The molecule has 0 aliphatic rings. The molecular formula is C22H26ClN3O3S2. The molecule has 2 aromatic heterocycles. The number of rotatable bonds is 9. The number of nitrogens with one attached hydrogen (secondary N) is 1. The van der Waals surface area contributed by atoms with Crippen LogP contribution in [0.15, 0.2) is 28.2 Å². The van der Waals surface area contributed by atoms with Crippen LogP contribution in [0.3, 0.4) is 0 Å². The van der Waals surface area contributed by atoms with Gasteiger partial charge in [-0.15, -0.1) is 11.3 Å². The Morgan fingerprint density at radius 1 is 1.32 bits per heavy atom. The third-order valence-electron chi connectivity index (χ3n) is 4.93. The largest absolute Gasteiger partial charge is 0.382 e. The molecule has 31 heavy (non-hydrogen) atoms. The lowest BCUT2D eigenvalue weighted by molar-refractivity contribution is -0.113. The molecular weight excluding hydrogens is 454 g/mol. The molecule has 1 amide bonds. The molecule has 0 atom stereocenters. The zero-order valence-corrected chi connectivity index (χ0v) is 20.5. The number of amides is 1. The Kier molecular flexibility index (Phi) is 8.16. The van der Waals surface area contributed by atoms with Gasteiger partial charge in [0.1, 0.15) is 4.83 Å². The molecule has 0 saturated heterocycles. The Labute approximate surface area is 195 Å². The minimum atomic E-state index is -0.177. The van der Waals surface area contributed by atoms with E-state index in [1.54, 1.807) is 16.7 Å². The van der Waals surface area contributed by atoms with E-state index in [1.165, 1.54) is 23.1 Å². The van der Waals surface area contributed by atoms with E-state index >= 15 is 0 Å². The minimum absolute atomic E-state index is 0.0584. The second-order valence-electron chi connectivity index (χ2n) is 7.16. The molecule has 3 rings (SSSR count). The highest BCUT2D eigenvalue weighted by Gasteiger charge is 2.18. The van der Waals surface area contributed by atoms with Gasteiger partial charge in [-0.25, -0.2) is 4.98 Å². The molecule has 0 fully saturated rings. The van der Waals surface area contributed by atoms with E-state index in [1.807, 2.05) is 33.8 Å². The van der Waals surface area contributed by atoms with Gasteiger partial charge in [0.05, 0.1) is 11.1 Å². The number of halogens is 1. The normalized spacial score (nSPS) is 11.3. The first kappa shape index (κ1) is 23.8. The SMILES string of the molecule is CCOCCCn1c(SCC(=O)Nc2cc(Cl)ccc2C)nc2sc(C)c(C)c2c1=O. The summed E-state index contributed by atoms with van der Waals surface area (Å²) in [6.45, 7) is 9.50. The summed E-state index contributed by atoms with van der Waals surface area (Å²) in [5, 5.41) is 4.67. The number of benzene rings is 1. The molecule has 6 nitrogen and oxygen atoms in total. The van der Waals surface area contributed by atoms with Crippen LogP contribution < -0.4 is 10.9 Å². The number of thiophene rings is 1. The zero-order chi connectivity index (χ0) is 22.5. The molecule has 0 saturated carbocycles. The van der Waals surface area contributed by atoms with Crippen LogP contribution in [0.2, 0.25) is 5.02 Å². The highest BCUT2D eigenvalue weighted by Crippen LogP contribution is 2.28. The van der Waals surface area contributed by atoms with Gasteiger partial charge in [0.2, 0.25) is 5.91 Å². The average Bonchev–Trinajstić information content (AvgIpc) is 3.01. The van der Waals surface area contributed by atoms with Crippen LogP contribution in [0.4, 0.5) is 5.69 Å². The molecule has 0 bridgehead atoms. The third kappa shape index (κ3) is 5.68. The number of anilines is 1. The Morgan fingerprint density at radius 3 is 2.84 bits per heavy atom. The van der Waals surface area contributed by atoms with E-state index in [-0.39, 0.29) is 17.2 Å². The van der Waals surface area contributed by atoms with Crippen LogP contribution in [-0.2, 0) is 16.1 Å². The molecule has 9 heteroatoms. The van der Waals surface area contributed by atoms with Crippen molar-refractivity contribution in [2.45, 2.75) is 45.8 Å². The standard InChI is InChI=1S/C22H26ClN3O3S2/c1-5-29-10-6-9-26-21(28)19-14(3)15(4)31-20(19)25-22(26)30-12-18(27)24-17-11-16(23)8-7-13(17)2/h7-8,11H,5-6,9-10,12H2,1-4H3,(H,24,27). The Hall–Kier alpha value is -1.87. The van der Waals surface area contributed by atoms with Crippen molar-refractivity contribution in [2.24, 2.45) is 0 Å². The number of nitrogens with zero attached hydrogens (tertiary/aromatic N) is 2. The predicted molar refractivity (Wildman–Crippen MR) is 130 cm³/mol. The molecule has 0 spiro atoms. The lowest BCUT2D eigenvalue weighted by Crippen LogP contribution is -2.25. The summed E-state index contributed by atoms with van der Waals surface area (Å²) >= 11 is 8.81. The average molecular weight is 480 g/mol. The van der Waals surface area contributed by atoms with Gasteiger partial charge in [-0.2, -0.15) is 0 Å². The predicted octanol–water partition coefficient (Wildman–Crippen LogP) is 5.19. The maximum atomic E-state index is 13.2.